The largest absolute Gasteiger partial charge is 0.457 e. The molecular weight excluding hydrogens is 238 g/mol. The zero-order chi connectivity index (χ0) is 13.1. The Kier molecular flexibility index (Phi) is 3.02. The number of benzene rings is 2. The number of rotatable bonds is 3. The van der Waals surface area contributed by atoms with Gasteiger partial charge in [-0.05, 0) is 43.3 Å². The maximum Gasteiger partial charge on any atom is 0.226 e. The van der Waals surface area contributed by atoms with Gasteiger partial charge in [-0.3, -0.25) is 0 Å². The SMILES string of the molecule is Cc1cnc(-c2ccc(Oc3ccccc3)cc2)o1. The number of hydrogen-bond donors (Lipinski definition) is 0. The summed E-state index contributed by atoms with van der Waals surface area (Å²) in [6.07, 6.45) is 1.71. The fourth-order valence-corrected chi connectivity index (χ4v) is 1.78. The van der Waals surface area contributed by atoms with Crippen molar-refractivity contribution in [1.82, 2.24) is 4.98 Å². The van der Waals surface area contributed by atoms with Crippen LogP contribution in [-0.4, -0.2) is 4.98 Å². The quantitative estimate of drug-likeness (QED) is 0.690. The molecule has 0 bridgehead atoms. The molecule has 0 aliphatic rings. The zero-order valence-electron chi connectivity index (χ0n) is 10.5. The van der Waals surface area contributed by atoms with Crippen molar-refractivity contribution in [1.29, 1.82) is 0 Å². The average Bonchev–Trinajstić information content (AvgIpc) is 2.87. The smallest absolute Gasteiger partial charge is 0.226 e. The maximum atomic E-state index is 5.72. The van der Waals surface area contributed by atoms with Crippen molar-refractivity contribution >= 4 is 0 Å². The molecule has 2 aromatic carbocycles. The molecule has 0 atom stereocenters. The second-order valence-corrected chi connectivity index (χ2v) is 4.22. The normalized spacial score (nSPS) is 10.4. The van der Waals surface area contributed by atoms with Gasteiger partial charge in [0.05, 0.1) is 6.20 Å². The number of nitrogens with zero attached hydrogens (tertiary/aromatic N) is 1. The average molecular weight is 251 g/mol. The first kappa shape index (κ1) is 11.5. The molecule has 0 N–H and O–H groups in total. The number of para-hydroxylation sites is 1. The molecule has 0 radical (unpaired) electrons. The third-order valence-electron chi connectivity index (χ3n) is 2.70. The highest BCUT2D eigenvalue weighted by atomic mass is 16.5. The highest BCUT2D eigenvalue weighted by Crippen LogP contribution is 2.25. The minimum absolute atomic E-state index is 0.628. The number of aryl methyl sites for hydroxylation is 1. The van der Waals surface area contributed by atoms with E-state index in [2.05, 4.69) is 4.98 Å². The Morgan fingerprint density at radius 3 is 2.21 bits per heavy atom. The molecule has 1 aromatic heterocycles. The van der Waals surface area contributed by atoms with E-state index in [0.29, 0.717) is 5.89 Å². The predicted octanol–water partition coefficient (Wildman–Crippen LogP) is 4.44. The van der Waals surface area contributed by atoms with Crippen LogP contribution in [0.1, 0.15) is 5.76 Å². The van der Waals surface area contributed by atoms with Crippen LogP contribution in [0.5, 0.6) is 11.5 Å². The van der Waals surface area contributed by atoms with E-state index in [1.807, 2.05) is 61.5 Å². The lowest BCUT2D eigenvalue weighted by molar-refractivity contribution is 0.482. The lowest BCUT2D eigenvalue weighted by atomic mass is 10.2. The van der Waals surface area contributed by atoms with Gasteiger partial charge in [0.15, 0.2) is 0 Å². The molecule has 19 heavy (non-hydrogen) atoms. The van der Waals surface area contributed by atoms with Crippen LogP contribution in [0.4, 0.5) is 0 Å². The third kappa shape index (κ3) is 2.65. The molecule has 3 nitrogen and oxygen atoms in total. The molecule has 0 spiro atoms. The number of ether oxygens (including phenoxy) is 1. The minimum atomic E-state index is 0.628. The fraction of sp³-hybridized carbons (Fsp3) is 0.0625. The van der Waals surface area contributed by atoms with E-state index in [1.54, 1.807) is 6.20 Å². The summed E-state index contributed by atoms with van der Waals surface area (Å²) >= 11 is 0. The van der Waals surface area contributed by atoms with Gasteiger partial charge in [-0.15, -0.1) is 0 Å². The van der Waals surface area contributed by atoms with E-state index in [4.69, 9.17) is 9.15 Å². The van der Waals surface area contributed by atoms with E-state index < -0.39 is 0 Å². The Bertz CT molecular complexity index is 657. The molecule has 0 unspecified atom stereocenters. The Morgan fingerprint density at radius 1 is 0.895 bits per heavy atom. The predicted molar refractivity (Wildman–Crippen MR) is 73.2 cm³/mol. The van der Waals surface area contributed by atoms with Crippen LogP contribution < -0.4 is 4.74 Å². The second kappa shape index (κ2) is 4.98. The monoisotopic (exact) mass is 251 g/mol. The Morgan fingerprint density at radius 2 is 1.58 bits per heavy atom. The summed E-state index contributed by atoms with van der Waals surface area (Å²) in [5.74, 6) is 3.05. The molecule has 3 heteroatoms. The van der Waals surface area contributed by atoms with E-state index in [0.717, 1.165) is 22.8 Å². The number of oxazole rings is 1. The first-order valence-corrected chi connectivity index (χ1v) is 6.07. The molecule has 0 amide bonds. The van der Waals surface area contributed by atoms with Gasteiger partial charge in [0.2, 0.25) is 5.89 Å². The summed E-state index contributed by atoms with van der Waals surface area (Å²) in [6, 6.07) is 17.4. The van der Waals surface area contributed by atoms with Crippen LogP contribution in [0, 0.1) is 6.92 Å². The lowest BCUT2D eigenvalue weighted by Crippen LogP contribution is -1.83. The second-order valence-electron chi connectivity index (χ2n) is 4.22. The minimum Gasteiger partial charge on any atom is -0.457 e. The first-order chi connectivity index (χ1) is 9.31. The van der Waals surface area contributed by atoms with Gasteiger partial charge in [0, 0.05) is 5.56 Å². The Labute approximate surface area is 111 Å². The third-order valence-corrected chi connectivity index (χ3v) is 2.70. The standard InChI is InChI=1S/C16H13NO2/c1-12-11-17-16(18-12)13-7-9-15(10-8-13)19-14-5-3-2-4-6-14/h2-11H,1H3. The summed E-state index contributed by atoms with van der Waals surface area (Å²) in [7, 11) is 0. The summed E-state index contributed by atoms with van der Waals surface area (Å²) < 4.78 is 11.2. The maximum absolute atomic E-state index is 5.72. The molecule has 3 aromatic rings. The summed E-state index contributed by atoms with van der Waals surface area (Å²) in [5.41, 5.74) is 0.938. The van der Waals surface area contributed by atoms with E-state index >= 15 is 0 Å². The van der Waals surface area contributed by atoms with Crippen LogP contribution in [0.15, 0.2) is 65.2 Å². The van der Waals surface area contributed by atoms with Crippen LogP contribution in [0.3, 0.4) is 0 Å². The van der Waals surface area contributed by atoms with Crippen molar-refractivity contribution in [3.8, 4) is 23.0 Å². The van der Waals surface area contributed by atoms with Crippen molar-refractivity contribution in [3.05, 3.63) is 66.6 Å². The van der Waals surface area contributed by atoms with Crippen molar-refractivity contribution in [2.24, 2.45) is 0 Å². The van der Waals surface area contributed by atoms with Crippen molar-refractivity contribution in [3.63, 3.8) is 0 Å². The van der Waals surface area contributed by atoms with Gasteiger partial charge in [0.1, 0.15) is 17.3 Å². The fourth-order valence-electron chi connectivity index (χ4n) is 1.78. The van der Waals surface area contributed by atoms with Crippen LogP contribution >= 0.6 is 0 Å². The van der Waals surface area contributed by atoms with Crippen molar-refractivity contribution in [2.75, 3.05) is 0 Å². The molecular formula is C16H13NO2. The molecule has 0 fully saturated rings. The molecule has 3 rings (SSSR count). The summed E-state index contributed by atoms with van der Waals surface area (Å²) in [6.45, 7) is 1.88. The molecule has 0 saturated carbocycles. The zero-order valence-corrected chi connectivity index (χ0v) is 10.5. The number of hydrogen-bond acceptors (Lipinski definition) is 3. The first-order valence-electron chi connectivity index (χ1n) is 6.07. The van der Waals surface area contributed by atoms with Gasteiger partial charge in [-0.2, -0.15) is 0 Å². The Hall–Kier alpha value is -2.55. The molecule has 1 heterocycles. The van der Waals surface area contributed by atoms with Gasteiger partial charge in [-0.25, -0.2) is 4.98 Å². The van der Waals surface area contributed by atoms with Crippen molar-refractivity contribution < 1.29 is 9.15 Å². The van der Waals surface area contributed by atoms with Crippen LogP contribution in [-0.2, 0) is 0 Å². The highest BCUT2D eigenvalue weighted by Gasteiger charge is 2.04. The van der Waals surface area contributed by atoms with Gasteiger partial charge >= 0.3 is 0 Å². The lowest BCUT2D eigenvalue weighted by Gasteiger charge is -2.05. The molecule has 0 saturated heterocycles. The highest BCUT2D eigenvalue weighted by molar-refractivity contribution is 5.54. The molecule has 94 valence electrons. The number of aromatic nitrogens is 1. The topological polar surface area (TPSA) is 35.3 Å². The molecule has 0 aliphatic heterocycles. The summed E-state index contributed by atoms with van der Waals surface area (Å²) in [5, 5.41) is 0. The van der Waals surface area contributed by atoms with Gasteiger partial charge in [-0.1, -0.05) is 18.2 Å². The van der Waals surface area contributed by atoms with E-state index in [-0.39, 0.29) is 0 Å². The summed E-state index contributed by atoms with van der Waals surface area (Å²) in [4.78, 5) is 4.19. The van der Waals surface area contributed by atoms with Gasteiger partial charge in [0.25, 0.3) is 0 Å². The van der Waals surface area contributed by atoms with Crippen molar-refractivity contribution in [2.45, 2.75) is 6.92 Å². The van der Waals surface area contributed by atoms with Crippen LogP contribution in [0.2, 0.25) is 0 Å². The van der Waals surface area contributed by atoms with E-state index in [9.17, 15) is 0 Å². The van der Waals surface area contributed by atoms with Gasteiger partial charge < -0.3 is 9.15 Å². The van der Waals surface area contributed by atoms with Crippen LogP contribution in [0.25, 0.3) is 11.5 Å². The van der Waals surface area contributed by atoms with E-state index in [1.165, 1.54) is 0 Å². The molecule has 0 aliphatic carbocycles. The Balaban J connectivity index is 1.79.